The minimum absolute atomic E-state index is 0.109. The van der Waals surface area contributed by atoms with Crippen LogP contribution in [-0.2, 0) is 17.0 Å². The molecule has 0 radical (unpaired) electrons. The molecule has 1 aromatic carbocycles. The molecule has 4 aromatic rings. The maximum Gasteiger partial charge on any atom is 0.259 e. The first kappa shape index (κ1) is 23.7. The summed E-state index contributed by atoms with van der Waals surface area (Å²) in [7, 11) is 0. The number of thiophene rings is 1. The van der Waals surface area contributed by atoms with E-state index in [4.69, 9.17) is 0 Å². The van der Waals surface area contributed by atoms with Gasteiger partial charge in [0.1, 0.15) is 10.7 Å². The van der Waals surface area contributed by atoms with Crippen LogP contribution in [0.15, 0.2) is 29.1 Å². The smallest absolute Gasteiger partial charge is 0.259 e. The van der Waals surface area contributed by atoms with Gasteiger partial charge < -0.3 is 10.3 Å². The van der Waals surface area contributed by atoms with Gasteiger partial charge in [-0.3, -0.25) is 9.59 Å². The van der Waals surface area contributed by atoms with Crippen molar-refractivity contribution in [3.63, 3.8) is 0 Å². The molecule has 0 aliphatic rings. The van der Waals surface area contributed by atoms with Gasteiger partial charge in [0.15, 0.2) is 5.13 Å². The molecule has 3 heterocycles. The van der Waals surface area contributed by atoms with E-state index in [-0.39, 0.29) is 16.7 Å². The normalized spacial score (nSPS) is 12.3. The van der Waals surface area contributed by atoms with E-state index in [9.17, 15) is 9.59 Å². The summed E-state index contributed by atoms with van der Waals surface area (Å²) in [6.45, 7) is 9.83. The van der Waals surface area contributed by atoms with Crippen molar-refractivity contribution in [2.75, 3.05) is 5.32 Å². The van der Waals surface area contributed by atoms with Crippen LogP contribution in [0.2, 0.25) is 0 Å². The van der Waals surface area contributed by atoms with Gasteiger partial charge in [0.2, 0.25) is 5.91 Å². The lowest BCUT2D eigenvalue weighted by atomic mass is 10.1. The number of hydrogen-bond acceptors (Lipinski definition) is 7. The van der Waals surface area contributed by atoms with Crippen LogP contribution in [0.25, 0.3) is 10.2 Å². The van der Waals surface area contributed by atoms with E-state index in [1.807, 2.05) is 27.7 Å². The van der Waals surface area contributed by atoms with Crippen molar-refractivity contribution in [1.82, 2.24) is 15.0 Å². The molecule has 172 valence electrons. The molecule has 0 aliphatic heterocycles. The third-order valence-corrected chi connectivity index (χ3v) is 8.86. The number of nitrogens with zero attached hydrogens (tertiary/aromatic N) is 2. The van der Waals surface area contributed by atoms with Crippen LogP contribution in [0.5, 0.6) is 0 Å². The lowest BCUT2D eigenvalue weighted by Crippen LogP contribution is -2.23. The highest BCUT2D eigenvalue weighted by atomic mass is 32.2. The largest absolute Gasteiger partial charge is 0.309 e. The molecule has 0 spiro atoms. The fourth-order valence-electron chi connectivity index (χ4n) is 3.39. The number of amides is 1. The summed E-state index contributed by atoms with van der Waals surface area (Å²) in [5, 5.41) is 3.91. The predicted molar refractivity (Wildman–Crippen MR) is 140 cm³/mol. The lowest BCUT2D eigenvalue weighted by Gasteiger charge is -2.10. The number of rotatable bonds is 7. The fourth-order valence-corrected chi connectivity index (χ4v) is 6.19. The first-order chi connectivity index (χ1) is 15.7. The van der Waals surface area contributed by atoms with Crippen LogP contribution in [-0.4, -0.2) is 26.1 Å². The standard InChI is InChI=1S/C24H26N4O2S3/c1-12-6-8-17(9-7-12)10-18-14(3)25-24(33-18)28-21(29)16(5)31-11-19-26-22(30)20-13(2)15(4)32-23(20)27-19/h6-9,16H,10-11H2,1-5H3,(H,25,28,29)(H,26,27,30). The minimum atomic E-state index is -0.317. The number of fused-ring (bicyclic) bond motifs is 1. The van der Waals surface area contributed by atoms with Crippen molar-refractivity contribution < 1.29 is 4.79 Å². The monoisotopic (exact) mass is 498 g/mol. The maximum absolute atomic E-state index is 12.7. The summed E-state index contributed by atoms with van der Waals surface area (Å²) in [6, 6.07) is 8.46. The predicted octanol–water partition coefficient (Wildman–Crippen LogP) is 5.53. The van der Waals surface area contributed by atoms with Crippen LogP contribution < -0.4 is 10.9 Å². The average molecular weight is 499 g/mol. The van der Waals surface area contributed by atoms with Gasteiger partial charge in [-0.15, -0.1) is 34.4 Å². The van der Waals surface area contributed by atoms with E-state index in [2.05, 4.69) is 51.5 Å². The van der Waals surface area contributed by atoms with Crippen molar-refractivity contribution in [3.8, 4) is 0 Å². The highest BCUT2D eigenvalue weighted by Crippen LogP contribution is 2.28. The number of hydrogen-bond donors (Lipinski definition) is 2. The van der Waals surface area contributed by atoms with Crippen molar-refractivity contribution in [3.05, 3.63) is 72.6 Å². The Kier molecular flexibility index (Phi) is 7.02. The summed E-state index contributed by atoms with van der Waals surface area (Å²) < 4.78 is 0. The number of thioether (sulfide) groups is 1. The Bertz CT molecular complexity index is 1370. The molecule has 0 saturated carbocycles. The van der Waals surface area contributed by atoms with Gasteiger partial charge in [-0.1, -0.05) is 29.8 Å². The van der Waals surface area contributed by atoms with E-state index >= 15 is 0 Å². The van der Waals surface area contributed by atoms with Crippen molar-refractivity contribution in [2.24, 2.45) is 0 Å². The van der Waals surface area contributed by atoms with Gasteiger partial charge in [0.25, 0.3) is 5.56 Å². The van der Waals surface area contributed by atoms with Crippen LogP contribution in [0.4, 0.5) is 5.13 Å². The van der Waals surface area contributed by atoms with Crippen molar-refractivity contribution in [1.29, 1.82) is 0 Å². The van der Waals surface area contributed by atoms with Crippen molar-refractivity contribution >= 4 is 55.7 Å². The molecule has 6 nitrogen and oxygen atoms in total. The molecule has 1 amide bonds. The van der Waals surface area contributed by atoms with E-state index < -0.39 is 0 Å². The number of carbonyl (C=O) groups excluding carboxylic acids is 1. The van der Waals surface area contributed by atoms with Gasteiger partial charge in [0.05, 0.1) is 22.1 Å². The molecular formula is C24H26N4O2S3. The van der Waals surface area contributed by atoms with Crippen LogP contribution >= 0.6 is 34.4 Å². The molecule has 4 rings (SSSR count). The minimum Gasteiger partial charge on any atom is -0.309 e. The highest BCUT2D eigenvalue weighted by Gasteiger charge is 2.18. The Labute approximate surface area is 204 Å². The Balaban J connectivity index is 1.37. The van der Waals surface area contributed by atoms with E-state index in [1.54, 1.807) is 0 Å². The summed E-state index contributed by atoms with van der Waals surface area (Å²) in [5.41, 5.74) is 4.26. The zero-order valence-electron chi connectivity index (χ0n) is 19.2. The molecule has 33 heavy (non-hydrogen) atoms. The lowest BCUT2D eigenvalue weighted by molar-refractivity contribution is -0.115. The van der Waals surface area contributed by atoms with Gasteiger partial charge in [-0.05, 0) is 45.7 Å². The van der Waals surface area contributed by atoms with Crippen LogP contribution in [0.3, 0.4) is 0 Å². The van der Waals surface area contributed by atoms with Gasteiger partial charge >= 0.3 is 0 Å². The van der Waals surface area contributed by atoms with Crippen LogP contribution in [0, 0.1) is 27.7 Å². The molecule has 9 heteroatoms. The Morgan fingerprint density at radius 3 is 2.58 bits per heavy atom. The topological polar surface area (TPSA) is 87.7 Å². The average Bonchev–Trinajstić information content (AvgIpc) is 3.25. The molecule has 0 fully saturated rings. The van der Waals surface area contributed by atoms with E-state index in [0.29, 0.717) is 22.1 Å². The van der Waals surface area contributed by atoms with Crippen LogP contribution in [0.1, 0.15) is 44.9 Å². The number of nitrogens with one attached hydrogen (secondary N) is 2. The Hall–Kier alpha value is -2.49. The number of H-pyrrole nitrogens is 1. The Morgan fingerprint density at radius 2 is 1.85 bits per heavy atom. The molecule has 2 N–H and O–H groups in total. The maximum atomic E-state index is 12.7. The molecule has 0 bridgehead atoms. The molecule has 1 unspecified atom stereocenters. The number of anilines is 1. The molecule has 0 saturated heterocycles. The summed E-state index contributed by atoms with van der Waals surface area (Å²) >= 11 is 4.48. The first-order valence-corrected chi connectivity index (χ1v) is 13.3. The second-order valence-electron chi connectivity index (χ2n) is 8.11. The third kappa shape index (κ3) is 5.37. The van der Waals surface area contributed by atoms with E-state index in [1.165, 1.54) is 45.6 Å². The summed E-state index contributed by atoms with van der Waals surface area (Å²) in [5.74, 6) is 0.927. The zero-order chi connectivity index (χ0) is 23.7. The number of aromatic amines is 1. The number of thiazole rings is 1. The summed E-state index contributed by atoms with van der Waals surface area (Å²) in [6.07, 6.45) is 0.799. The SMILES string of the molecule is Cc1ccc(Cc2sc(NC(=O)C(C)SCc3nc4sc(C)c(C)c4c(=O)[nH]3)nc2C)cc1. The zero-order valence-corrected chi connectivity index (χ0v) is 21.7. The summed E-state index contributed by atoms with van der Waals surface area (Å²) in [4.78, 5) is 40.2. The number of carbonyl (C=O) groups is 1. The second-order valence-corrected chi connectivity index (χ2v) is 11.7. The number of benzene rings is 1. The molecule has 3 aromatic heterocycles. The molecule has 0 aliphatic carbocycles. The van der Waals surface area contributed by atoms with E-state index in [0.717, 1.165) is 32.3 Å². The fraction of sp³-hybridized carbons (Fsp3) is 0.333. The quantitative estimate of drug-likeness (QED) is 0.350. The Morgan fingerprint density at radius 1 is 1.12 bits per heavy atom. The first-order valence-electron chi connectivity index (χ1n) is 10.6. The van der Waals surface area contributed by atoms with Gasteiger partial charge in [-0.2, -0.15) is 0 Å². The second kappa shape index (κ2) is 9.79. The van der Waals surface area contributed by atoms with Crippen molar-refractivity contribution in [2.45, 2.75) is 52.0 Å². The van der Waals surface area contributed by atoms with Gasteiger partial charge in [0, 0.05) is 16.2 Å². The number of aromatic nitrogens is 3. The molecular weight excluding hydrogens is 472 g/mol. The van der Waals surface area contributed by atoms with Gasteiger partial charge in [-0.25, -0.2) is 9.97 Å². The number of aryl methyl sites for hydroxylation is 4. The highest BCUT2D eigenvalue weighted by molar-refractivity contribution is 7.99. The molecule has 1 atom stereocenters. The third-order valence-electron chi connectivity index (χ3n) is 5.54.